The van der Waals surface area contributed by atoms with E-state index in [2.05, 4.69) is 21.0 Å². The second-order valence-electron chi connectivity index (χ2n) is 4.76. The van der Waals surface area contributed by atoms with Gasteiger partial charge in [-0.05, 0) is 37.1 Å². The van der Waals surface area contributed by atoms with Crippen LogP contribution in [-0.2, 0) is 4.79 Å². The summed E-state index contributed by atoms with van der Waals surface area (Å²) in [7, 11) is 0. The van der Waals surface area contributed by atoms with Gasteiger partial charge in [0.2, 0.25) is 0 Å². The lowest BCUT2D eigenvalue weighted by Crippen LogP contribution is -2.02. The molecular weight excluding hydrogens is 340 g/mol. The molecule has 1 aliphatic carbocycles. The lowest BCUT2D eigenvalue weighted by molar-refractivity contribution is -0.133. The summed E-state index contributed by atoms with van der Waals surface area (Å²) in [5.41, 5.74) is 2.01. The molecule has 0 unspecified atom stereocenters. The van der Waals surface area contributed by atoms with Crippen molar-refractivity contribution >= 4 is 33.7 Å². The molecule has 1 aromatic carbocycles. The molecule has 1 aliphatic rings. The Kier molecular flexibility index (Phi) is 3.85. The van der Waals surface area contributed by atoms with Crippen molar-refractivity contribution in [1.29, 1.82) is 0 Å². The maximum absolute atomic E-state index is 10.8. The molecule has 0 atom stereocenters. The molecule has 2 aromatic rings. The molecule has 0 aliphatic heterocycles. The topological polar surface area (TPSA) is 55.1 Å². The van der Waals surface area contributed by atoms with Gasteiger partial charge < -0.3 is 5.11 Å². The van der Waals surface area contributed by atoms with Crippen molar-refractivity contribution in [3.8, 4) is 5.69 Å². The molecule has 20 heavy (non-hydrogen) atoms. The van der Waals surface area contributed by atoms with Gasteiger partial charge in [0.1, 0.15) is 5.03 Å². The van der Waals surface area contributed by atoms with Crippen LogP contribution in [0.15, 0.2) is 39.8 Å². The fourth-order valence-electron chi connectivity index (χ4n) is 1.99. The molecule has 0 amide bonds. The number of halogens is 1. The monoisotopic (exact) mass is 352 g/mol. The number of thioether (sulfide) groups is 1. The molecule has 0 bridgehead atoms. The molecular formula is C14H13BrN2O2S. The average molecular weight is 353 g/mol. The molecule has 1 N–H and O–H groups in total. The van der Waals surface area contributed by atoms with E-state index in [4.69, 9.17) is 5.11 Å². The van der Waals surface area contributed by atoms with E-state index in [-0.39, 0.29) is 5.75 Å². The Morgan fingerprint density at radius 3 is 2.90 bits per heavy atom. The first-order valence-electron chi connectivity index (χ1n) is 6.34. The minimum Gasteiger partial charge on any atom is -0.481 e. The van der Waals surface area contributed by atoms with Crippen LogP contribution in [0.1, 0.15) is 24.5 Å². The summed E-state index contributed by atoms with van der Waals surface area (Å²) in [6.45, 7) is 0. The van der Waals surface area contributed by atoms with Crippen molar-refractivity contribution in [1.82, 2.24) is 9.78 Å². The van der Waals surface area contributed by atoms with Crippen LogP contribution in [0.3, 0.4) is 0 Å². The summed E-state index contributed by atoms with van der Waals surface area (Å²) in [6.07, 6.45) is 2.36. The summed E-state index contributed by atoms with van der Waals surface area (Å²) in [5, 5.41) is 14.4. The third kappa shape index (κ3) is 3.07. The van der Waals surface area contributed by atoms with Gasteiger partial charge in [-0.2, -0.15) is 5.10 Å². The quantitative estimate of drug-likeness (QED) is 0.833. The first kappa shape index (κ1) is 13.7. The third-order valence-corrected chi connectivity index (χ3v) is 4.56. The Bertz CT molecular complexity index is 652. The lowest BCUT2D eigenvalue weighted by atomic mass is 10.3. The van der Waals surface area contributed by atoms with Crippen molar-refractivity contribution in [2.45, 2.75) is 23.8 Å². The maximum Gasteiger partial charge on any atom is 0.313 e. The molecule has 104 valence electrons. The highest BCUT2D eigenvalue weighted by Gasteiger charge is 2.27. The van der Waals surface area contributed by atoms with Crippen LogP contribution in [0.2, 0.25) is 0 Å². The maximum atomic E-state index is 10.8. The summed E-state index contributed by atoms with van der Waals surface area (Å²) in [4.78, 5) is 10.8. The van der Waals surface area contributed by atoms with Crippen molar-refractivity contribution in [3.05, 3.63) is 40.5 Å². The number of carboxylic acid groups (broad SMARTS) is 1. The number of hydrogen-bond donors (Lipinski definition) is 1. The molecule has 1 aromatic heterocycles. The average Bonchev–Trinajstić information content (AvgIpc) is 3.17. The van der Waals surface area contributed by atoms with Crippen molar-refractivity contribution in [2.75, 3.05) is 5.75 Å². The van der Waals surface area contributed by atoms with Gasteiger partial charge in [-0.3, -0.25) is 4.79 Å². The van der Waals surface area contributed by atoms with Gasteiger partial charge in [-0.15, -0.1) is 0 Å². The number of aromatic nitrogens is 2. The van der Waals surface area contributed by atoms with E-state index < -0.39 is 5.97 Å². The van der Waals surface area contributed by atoms with Crippen LogP contribution in [0.4, 0.5) is 0 Å². The van der Waals surface area contributed by atoms with Gasteiger partial charge in [0.05, 0.1) is 17.1 Å². The van der Waals surface area contributed by atoms with E-state index in [1.54, 1.807) is 0 Å². The fraction of sp³-hybridized carbons (Fsp3) is 0.286. The number of hydrogen-bond acceptors (Lipinski definition) is 3. The number of benzene rings is 1. The van der Waals surface area contributed by atoms with Crippen LogP contribution >= 0.6 is 27.7 Å². The highest BCUT2D eigenvalue weighted by molar-refractivity contribution is 9.10. The molecule has 6 heteroatoms. The van der Waals surface area contributed by atoms with Gasteiger partial charge >= 0.3 is 5.97 Å². The molecule has 0 radical (unpaired) electrons. The van der Waals surface area contributed by atoms with E-state index in [0.29, 0.717) is 5.92 Å². The zero-order valence-corrected chi connectivity index (χ0v) is 13.0. The SMILES string of the molecule is O=C(O)CSc1cc(C2CC2)nn1-c1cccc(Br)c1. The smallest absolute Gasteiger partial charge is 0.313 e. The summed E-state index contributed by atoms with van der Waals surface area (Å²) in [5.74, 6) is -0.221. The molecule has 4 nitrogen and oxygen atoms in total. The Morgan fingerprint density at radius 2 is 2.25 bits per heavy atom. The van der Waals surface area contributed by atoms with Gasteiger partial charge in [0, 0.05) is 10.4 Å². The van der Waals surface area contributed by atoms with Gasteiger partial charge in [0.15, 0.2) is 0 Å². The van der Waals surface area contributed by atoms with Crippen LogP contribution in [-0.4, -0.2) is 26.6 Å². The van der Waals surface area contributed by atoms with E-state index in [0.717, 1.165) is 20.9 Å². The minimum atomic E-state index is -0.815. The van der Waals surface area contributed by atoms with Gasteiger partial charge in [0.25, 0.3) is 0 Å². The largest absolute Gasteiger partial charge is 0.481 e. The van der Waals surface area contributed by atoms with Gasteiger partial charge in [-0.1, -0.05) is 33.8 Å². The molecule has 1 heterocycles. The zero-order valence-electron chi connectivity index (χ0n) is 10.6. The number of aliphatic carboxylic acids is 1. The first-order valence-corrected chi connectivity index (χ1v) is 8.12. The predicted molar refractivity (Wildman–Crippen MR) is 81.6 cm³/mol. The summed E-state index contributed by atoms with van der Waals surface area (Å²) in [6, 6.07) is 9.88. The Labute approximate surface area is 129 Å². The van der Waals surface area contributed by atoms with E-state index in [9.17, 15) is 4.79 Å². The van der Waals surface area contributed by atoms with Crippen molar-refractivity contribution in [3.63, 3.8) is 0 Å². The van der Waals surface area contributed by atoms with E-state index in [1.807, 2.05) is 35.0 Å². The van der Waals surface area contributed by atoms with Crippen LogP contribution in [0.5, 0.6) is 0 Å². The third-order valence-electron chi connectivity index (χ3n) is 3.09. The zero-order chi connectivity index (χ0) is 14.1. The fourth-order valence-corrected chi connectivity index (χ4v) is 3.12. The molecule has 0 saturated heterocycles. The van der Waals surface area contributed by atoms with Crippen LogP contribution < -0.4 is 0 Å². The number of carbonyl (C=O) groups is 1. The van der Waals surface area contributed by atoms with Crippen LogP contribution in [0.25, 0.3) is 5.69 Å². The second kappa shape index (κ2) is 5.61. The van der Waals surface area contributed by atoms with E-state index in [1.165, 1.54) is 24.6 Å². The number of nitrogens with zero attached hydrogens (tertiary/aromatic N) is 2. The first-order chi connectivity index (χ1) is 9.63. The van der Waals surface area contributed by atoms with Crippen LogP contribution in [0, 0.1) is 0 Å². The number of rotatable bonds is 5. The summed E-state index contributed by atoms with van der Waals surface area (Å²) >= 11 is 4.76. The minimum absolute atomic E-state index is 0.0454. The number of carboxylic acids is 1. The van der Waals surface area contributed by atoms with E-state index >= 15 is 0 Å². The molecule has 1 fully saturated rings. The Morgan fingerprint density at radius 1 is 1.45 bits per heavy atom. The van der Waals surface area contributed by atoms with Crippen molar-refractivity contribution in [2.24, 2.45) is 0 Å². The normalized spacial score (nSPS) is 14.4. The molecule has 0 spiro atoms. The molecule has 3 rings (SSSR count). The highest BCUT2D eigenvalue weighted by Crippen LogP contribution is 2.41. The second-order valence-corrected chi connectivity index (χ2v) is 6.67. The highest BCUT2D eigenvalue weighted by atomic mass is 79.9. The van der Waals surface area contributed by atoms with Crippen molar-refractivity contribution < 1.29 is 9.90 Å². The Hall–Kier alpha value is -1.27. The summed E-state index contributed by atoms with van der Waals surface area (Å²) < 4.78 is 2.82. The standard InChI is InChI=1S/C14H13BrN2O2S/c15-10-2-1-3-11(6-10)17-13(20-8-14(18)19)7-12(16-17)9-4-5-9/h1-3,6-7,9H,4-5,8H2,(H,18,19). The molecule has 1 saturated carbocycles. The Balaban J connectivity index is 1.96. The van der Waals surface area contributed by atoms with Gasteiger partial charge in [-0.25, -0.2) is 4.68 Å². The predicted octanol–water partition coefficient (Wildman–Crippen LogP) is 3.69. The lowest BCUT2D eigenvalue weighted by Gasteiger charge is -2.06.